The molecule has 17 nitrogen and oxygen atoms in total. The van der Waals surface area contributed by atoms with Crippen LogP contribution in [0, 0.1) is 0 Å². The van der Waals surface area contributed by atoms with Crippen LogP contribution in [0.25, 0.3) is 22.3 Å². The molecule has 0 saturated carbocycles. The zero-order valence-corrected chi connectivity index (χ0v) is 27.5. The van der Waals surface area contributed by atoms with E-state index in [-0.39, 0.29) is 39.7 Å². The molecule has 2 saturated heterocycles. The maximum Gasteiger partial charge on any atom is 0.239 e. The highest BCUT2D eigenvalue weighted by atomic mass is 16.7. The second-order valence-corrected chi connectivity index (χ2v) is 11.3. The van der Waals surface area contributed by atoms with Crippen molar-refractivity contribution in [2.24, 2.45) is 0 Å². The summed E-state index contributed by atoms with van der Waals surface area (Å²) >= 11 is 0. The van der Waals surface area contributed by atoms with Crippen LogP contribution in [0.4, 0.5) is 0 Å². The Morgan fingerprint density at radius 1 is 0.694 bits per heavy atom. The molecule has 0 spiro atoms. The zero-order chi connectivity index (χ0) is 35.7. The first kappa shape index (κ1) is 36.4. The molecular formula is C32H40O17. The number of benzene rings is 2. The van der Waals surface area contributed by atoms with Gasteiger partial charge in [-0.2, -0.15) is 0 Å². The zero-order valence-electron chi connectivity index (χ0n) is 27.5. The van der Waals surface area contributed by atoms with Gasteiger partial charge in [-0.15, -0.1) is 0 Å². The minimum absolute atomic E-state index is 0.0223. The molecule has 2 aliphatic heterocycles. The number of ether oxygens (including phenoxy) is 9. The number of aliphatic hydroxyl groups excluding tert-OH is 6. The van der Waals surface area contributed by atoms with Gasteiger partial charge in [-0.3, -0.25) is 4.79 Å². The van der Waals surface area contributed by atoms with Gasteiger partial charge in [-0.1, -0.05) is 0 Å². The molecule has 270 valence electrons. The molecule has 3 aromatic rings. The van der Waals surface area contributed by atoms with Crippen molar-refractivity contribution in [2.75, 3.05) is 42.2 Å². The van der Waals surface area contributed by atoms with E-state index in [1.54, 1.807) is 18.2 Å². The molecule has 0 bridgehead atoms. The van der Waals surface area contributed by atoms with E-state index in [4.69, 9.17) is 47.0 Å². The Bertz CT molecular complexity index is 1670. The van der Waals surface area contributed by atoms with Gasteiger partial charge in [-0.25, -0.2) is 0 Å². The Morgan fingerprint density at radius 2 is 1.35 bits per heavy atom. The summed E-state index contributed by atoms with van der Waals surface area (Å²) in [5.74, 6) is 0.401. The summed E-state index contributed by atoms with van der Waals surface area (Å²) in [6.45, 7) is 0.765. The molecule has 5 rings (SSSR count). The SMILES string of the molecule is COc1ccc(-c2oc3cc(OC)c(OC)c(O[C@@H]4O[C@@H](C)[C@H](O[C@@H]5O[C@H](CO)[C@H](O)[C@H](O)[C@H]5O)[C@H](O)[C@H]4O)c3c(=O)c2OC)cc1OC. The van der Waals surface area contributed by atoms with Gasteiger partial charge in [0.25, 0.3) is 0 Å². The van der Waals surface area contributed by atoms with Crippen LogP contribution < -0.4 is 33.8 Å². The van der Waals surface area contributed by atoms with Crippen molar-refractivity contribution in [3.05, 3.63) is 34.5 Å². The molecule has 49 heavy (non-hydrogen) atoms. The fraction of sp³-hybridized carbons (Fsp3) is 0.531. The third-order valence-electron chi connectivity index (χ3n) is 8.44. The topological polar surface area (TPSA) is 235 Å². The monoisotopic (exact) mass is 696 g/mol. The van der Waals surface area contributed by atoms with Crippen molar-refractivity contribution in [3.63, 3.8) is 0 Å². The predicted octanol–water partition coefficient (Wildman–Crippen LogP) is -0.466. The molecule has 0 amide bonds. The first-order valence-corrected chi connectivity index (χ1v) is 15.1. The summed E-state index contributed by atoms with van der Waals surface area (Å²) in [6, 6.07) is 6.28. The van der Waals surface area contributed by atoms with Gasteiger partial charge in [0.1, 0.15) is 53.7 Å². The Hall–Kier alpha value is -3.91. The van der Waals surface area contributed by atoms with Crippen LogP contribution >= 0.6 is 0 Å². The normalized spacial score (nSPS) is 30.1. The van der Waals surface area contributed by atoms with Crippen molar-refractivity contribution in [2.45, 2.75) is 68.3 Å². The molecule has 1 aromatic heterocycles. The van der Waals surface area contributed by atoms with Crippen molar-refractivity contribution < 1.29 is 77.7 Å². The molecule has 6 N–H and O–H groups in total. The smallest absolute Gasteiger partial charge is 0.239 e. The quantitative estimate of drug-likeness (QED) is 0.149. The van der Waals surface area contributed by atoms with Crippen molar-refractivity contribution in [1.82, 2.24) is 0 Å². The lowest BCUT2D eigenvalue weighted by Gasteiger charge is -2.45. The van der Waals surface area contributed by atoms with Crippen LogP contribution in [0.15, 0.2) is 33.5 Å². The van der Waals surface area contributed by atoms with E-state index in [1.165, 1.54) is 48.5 Å². The van der Waals surface area contributed by atoms with Crippen molar-refractivity contribution >= 4 is 11.0 Å². The molecule has 0 aliphatic carbocycles. The van der Waals surface area contributed by atoms with Gasteiger partial charge in [0, 0.05) is 11.6 Å². The largest absolute Gasteiger partial charge is 0.493 e. The summed E-state index contributed by atoms with van der Waals surface area (Å²) in [7, 11) is 6.87. The van der Waals surface area contributed by atoms with Crippen LogP contribution in [-0.4, -0.2) is 134 Å². The number of hydrogen-bond acceptors (Lipinski definition) is 17. The van der Waals surface area contributed by atoms with Gasteiger partial charge in [0.15, 0.2) is 35.0 Å². The third kappa shape index (κ3) is 6.56. The fourth-order valence-corrected chi connectivity index (χ4v) is 5.81. The van der Waals surface area contributed by atoms with Crippen LogP contribution in [0.1, 0.15) is 6.92 Å². The van der Waals surface area contributed by atoms with Gasteiger partial charge in [0.05, 0.1) is 48.3 Å². The summed E-state index contributed by atoms with van der Waals surface area (Å²) in [5, 5.41) is 62.3. The number of rotatable bonds is 11. The van der Waals surface area contributed by atoms with E-state index in [1.807, 2.05) is 0 Å². The molecule has 17 heteroatoms. The highest BCUT2D eigenvalue weighted by Gasteiger charge is 2.50. The number of aliphatic hydroxyl groups is 6. The summed E-state index contributed by atoms with van der Waals surface area (Å²) in [6.07, 6.45) is -15.7. The predicted molar refractivity (Wildman–Crippen MR) is 166 cm³/mol. The lowest BCUT2D eigenvalue weighted by atomic mass is 9.97. The number of hydrogen-bond donors (Lipinski definition) is 6. The highest BCUT2D eigenvalue weighted by Crippen LogP contribution is 2.46. The van der Waals surface area contributed by atoms with Crippen LogP contribution in [-0.2, 0) is 14.2 Å². The van der Waals surface area contributed by atoms with Gasteiger partial charge in [-0.05, 0) is 25.1 Å². The van der Waals surface area contributed by atoms with E-state index in [0.717, 1.165) is 0 Å². The van der Waals surface area contributed by atoms with E-state index < -0.39 is 73.4 Å². The summed E-state index contributed by atoms with van der Waals surface area (Å²) < 4.78 is 56.5. The van der Waals surface area contributed by atoms with Crippen LogP contribution in [0.5, 0.6) is 34.5 Å². The number of methoxy groups -OCH3 is 5. The lowest BCUT2D eigenvalue weighted by molar-refractivity contribution is -0.348. The lowest BCUT2D eigenvalue weighted by Crippen LogP contribution is -2.64. The van der Waals surface area contributed by atoms with Crippen LogP contribution in [0.2, 0.25) is 0 Å². The minimum atomic E-state index is -1.84. The standard InChI is InChI=1S/C32H40O17/c1-12-26(48-32-24(38)22(36)20(34)18(11-33)47-32)23(37)25(39)31(45-12)49-29-19-16(10-17(42-4)28(29)43-5)46-27(30(44-6)21(19)35)13-7-8-14(40-2)15(9-13)41-3/h7-10,12,18,20,22-26,31-34,36-39H,11H2,1-6H3/t12-,18+,20-,22-,23+,24+,25+,26-,31-,32-/m0/s1. The summed E-state index contributed by atoms with van der Waals surface area (Å²) in [5.41, 5.74) is -0.294. The maximum atomic E-state index is 14.1. The average Bonchev–Trinajstić information content (AvgIpc) is 3.11. The van der Waals surface area contributed by atoms with Gasteiger partial charge >= 0.3 is 0 Å². The van der Waals surface area contributed by atoms with Crippen molar-refractivity contribution in [1.29, 1.82) is 0 Å². The Morgan fingerprint density at radius 3 is 1.96 bits per heavy atom. The Balaban J connectivity index is 1.52. The first-order chi connectivity index (χ1) is 23.4. The Kier molecular flexibility index (Phi) is 11.1. The molecule has 10 atom stereocenters. The highest BCUT2D eigenvalue weighted by molar-refractivity contribution is 5.92. The molecule has 2 aliphatic rings. The van der Waals surface area contributed by atoms with E-state index in [0.29, 0.717) is 17.1 Å². The molecular weight excluding hydrogens is 656 g/mol. The molecule has 2 aromatic carbocycles. The Labute approximate surface area is 279 Å². The van der Waals surface area contributed by atoms with Gasteiger partial charge < -0.3 is 77.7 Å². The fourth-order valence-electron chi connectivity index (χ4n) is 5.81. The van der Waals surface area contributed by atoms with E-state index in [2.05, 4.69) is 0 Å². The molecule has 2 fully saturated rings. The minimum Gasteiger partial charge on any atom is -0.493 e. The molecule has 0 unspecified atom stereocenters. The summed E-state index contributed by atoms with van der Waals surface area (Å²) in [4.78, 5) is 14.1. The molecule has 3 heterocycles. The van der Waals surface area contributed by atoms with Crippen molar-refractivity contribution in [3.8, 4) is 45.8 Å². The van der Waals surface area contributed by atoms with Crippen LogP contribution in [0.3, 0.4) is 0 Å². The first-order valence-electron chi connectivity index (χ1n) is 15.1. The van der Waals surface area contributed by atoms with E-state index in [9.17, 15) is 35.4 Å². The number of fused-ring (bicyclic) bond motifs is 1. The second kappa shape index (κ2) is 14.9. The third-order valence-corrected chi connectivity index (χ3v) is 8.44. The maximum absolute atomic E-state index is 14.1. The second-order valence-electron chi connectivity index (χ2n) is 11.3. The van der Waals surface area contributed by atoms with E-state index >= 15 is 0 Å². The average molecular weight is 697 g/mol. The van der Waals surface area contributed by atoms with Gasteiger partial charge in [0.2, 0.25) is 23.2 Å². The molecule has 0 radical (unpaired) electrons.